The number of piperazine rings is 1. The maximum Gasteiger partial charge on any atom is 0.268 e. The standard InChI is InChI=1S/C15H26N4OS/c1-3-4-13(12-21)11-19-15(20)9-14(10-16-19)18-7-5-17(2)6-8-18/h9-10,13,21H,3-8,11-12H2,1-2H3. The van der Waals surface area contributed by atoms with Crippen LogP contribution in [0, 0.1) is 5.92 Å². The van der Waals surface area contributed by atoms with E-state index >= 15 is 0 Å². The van der Waals surface area contributed by atoms with Crippen molar-refractivity contribution in [2.45, 2.75) is 26.3 Å². The van der Waals surface area contributed by atoms with Crippen molar-refractivity contribution in [3.8, 4) is 0 Å². The van der Waals surface area contributed by atoms with Gasteiger partial charge in [0, 0.05) is 38.8 Å². The van der Waals surface area contributed by atoms with Crippen molar-refractivity contribution in [1.82, 2.24) is 14.7 Å². The van der Waals surface area contributed by atoms with Crippen LogP contribution in [-0.4, -0.2) is 53.7 Å². The zero-order valence-electron chi connectivity index (χ0n) is 13.0. The zero-order valence-corrected chi connectivity index (χ0v) is 13.9. The summed E-state index contributed by atoms with van der Waals surface area (Å²) < 4.78 is 1.58. The fourth-order valence-corrected chi connectivity index (χ4v) is 2.99. The molecule has 0 N–H and O–H groups in total. The van der Waals surface area contributed by atoms with Crippen LogP contribution >= 0.6 is 12.6 Å². The van der Waals surface area contributed by atoms with Gasteiger partial charge >= 0.3 is 0 Å². The van der Waals surface area contributed by atoms with Crippen molar-refractivity contribution < 1.29 is 0 Å². The summed E-state index contributed by atoms with van der Waals surface area (Å²) in [5.74, 6) is 1.21. The average molecular weight is 310 g/mol. The maximum atomic E-state index is 12.2. The van der Waals surface area contributed by atoms with Crippen molar-refractivity contribution in [3.05, 3.63) is 22.6 Å². The van der Waals surface area contributed by atoms with Crippen LogP contribution in [-0.2, 0) is 6.54 Å². The third kappa shape index (κ3) is 4.48. The first kappa shape index (κ1) is 16.4. The summed E-state index contributed by atoms with van der Waals surface area (Å²) in [6.07, 6.45) is 4.02. The molecule has 1 fully saturated rings. The Morgan fingerprint density at radius 1 is 1.33 bits per heavy atom. The molecule has 118 valence electrons. The van der Waals surface area contributed by atoms with E-state index < -0.39 is 0 Å². The molecule has 1 unspecified atom stereocenters. The lowest BCUT2D eigenvalue weighted by molar-refractivity contribution is 0.312. The van der Waals surface area contributed by atoms with E-state index in [1.54, 1.807) is 10.7 Å². The van der Waals surface area contributed by atoms with Crippen LogP contribution in [0.3, 0.4) is 0 Å². The molecule has 21 heavy (non-hydrogen) atoms. The van der Waals surface area contributed by atoms with Gasteiger partial charge in [-0.15, -0.1) is 0 Å². The molecule has 6 heteroatoms. The Labute approximate surface area is 132 Å². The molecule has 0 saturated carbocycles. The van der Waals surface area contributed by atoms with E-state index in [0.29, 0.717) is 12.5 Å². The normalized spacial score (nSPS) is 18.0. The summed E-state index contributed by atoms with van der Waals surface area (Å²) in [6.45, 7) is 6.79. The van der Waals surface area contributed by atoms with Crippen LogP contribution in [0.25, 0.3) is 0 Å². The van der Waals surface area contributed by atoms with Crippen LogP contribution in [0.4, 0.5) is 5.69 Å². The molecule has 2 heterocycles. The molecule has 0 spiro atoms. The molecule has 2 rings (SSSR count). The van der Waals surface area contributed by atoms with Gasteiger partial charge in [0.15, 0.2) is 0 Å². The number of hydrogen-bond acceptors (Lipinski definition) is 5. The molecule has 0 radical (unpaired) electrons. The summed E-state index contributed by atoms with van der Waals surface area (Å²) in [7, 11) is 2.12. The van der Waals surface area contributed by atoms with E-state index in [-0.39, 0.29) is 5.56 Å². The number of anilines is 1. The molecule has 1 saturated heterocycles. The molecule has 1 aliphatic heterocycles. The minimum atomic E-state index is -0.00526. The Morgan fingerprint density at radius 2 is 2.05 bits per heavy atom. The van der Waals surface area contributed by atoms with Gasteiger partial charge in [0.2, 0.25) is 0 Å². The lowest BCUT2D eigenvalue weighted by Gasteiger charge is -2.33. The first-order valence-corrected chi connectivity index (χ1v) is 8.38. The van der Waals surface area contributed by atoms with Crippen LogP contribution in [0.15, 0.2) is 17.1 Å². The van der Waals surface area contributed by atoms with Crippen molar-refractivity contribution >= 4 is 18.3 Å². The van der Waals surface area contributed by atoms with E-state index in [2.05, 4.69) is 41.5 Å². The van der Waals surface area contributed by atoms with Gasteiger partial charge in [-0.1, -0.05) is 13.3 Å². The fourth-order valence-electron chi connectivity index (χ4n) is 2.69. The molecule has 1 aromatic rings. The van der Waals surface area contributed by atoms with Crippen molar-refractivity contribution in [2.75, 3.05) is 43.9 Å². The highest BCUT2D eigenvalue weighted by Gasteiger charge is 2.16. The first-order valence-electron chi connectivity index (χ1n) is 7.75. The lowest BCUT2D eigenvalue weighted by atomic mass is 10.1. The molecule has 0 aromatic carbocycles. The second-order valence-electron chi connectivity index (χ2n) is 5.86. The predicted molar refractivity (Wildman–Crippen MR) is 90.5 cm³/mol. The van der Waals surface area contributed by atoms with E-state index in [1.807, 2.05) is 6.20 Å². The summed E-state index contributed by atoms with van der Waals surface area (Å²) in [5.41, 5.74) is 0.941. The van der Waals surface area contributed by atoms with Crippen molar-refractivity contribution in [2.24, 2.45) is 5.92 Å². The van der Waals surface area contributed by atoms with Crippen LogP contribution in [0.2, 0.25) is 0 Å². The maximum absolute atomic E-state index is 12.2. The number of rotatable bonds is 6. The molecule has 0 aliphatic carbocycles. The molecule has 1 atom stereocenters. The minimum Gasteiger partial charge on any atom is -0.368 e. The topological polar surface area (TPSA) is 41.4 Å². The zero-order chi connectivity index (χ0) is 15.2. The highest BCUT2D eigenvalue weighted by atomic mass is 32.1. The van der Waals surface area contributed by atoms with E-state index in [9.17, 15) is 4.79 Å². The van der Waals surface area contributed by atoms with E-state index in [1.165, 1.54) is 0 Å². The van der Waals surface area contributed by atoms with Gasteiger partial charge in [-0.25, -0.2) is 4.68 Å². The van der Waals surface area contributed by atoms with Gasteiger partial charge < -0.3 is 9.80 Å². The number of likely N-dealkylation sites (N-methyl/N-ethyl adjacent to an activating group) is 1. The quantitative estimate of drug-likeness (QED) is 0.805. The highest BCUT2D eigenvalue weighted by molar-refractivity contribution is 7.80. The SMILES string of the molecule is CCCC(CS)Cn1ncc(N2CCN(C)CC2)cc1=O. The molecular formula is C15H26N4OS. The van der Waals surface area contributed by atoms with Crippen LogP contribution in [0.1, 0.15) is 19.8 Å². The van der Waals surface area contributed by atoms with Gasteiger partial charge in [0.05, 0.1) is 11.9 Å². The van der Waals surface area contributed by atoms with Crippen molar-refractivity contribution in [3.63, 3.8) is 0 Å². The largest absolute Gasteiger partial charge is 0.368 e. The molecular weight excluding hydrogens is 284 g/mol. The van der Waals surface area contributed by atoms with Crippen molar-refractivity contribution in [1.29, 1.82) is 0 Å². The summed E-state index contributed by atoms with van der Waals surface area (Å²) in [4.78, 5) is 16.8. The molecule has 1 aromatic heterocycles. The average Bonchev–Trinajstić information content (AvgIpc) is 2.49. The van der Waals surface area contributed by atoms with Gasteiger partial charge in [-0.3, -0.25) is 4.79 Å². The molecule has 5 nitrogen and oxygen atoms in total. The predicted octanol–water partition coefficient (Wildman–Crippen LogP) is 1.34. The minimum absolute atomic E-state index is 0.00526. The first-order chi connectivity index (χ1) is 10.1. The van der Waals surface area contributed by atoms with Gasteiger partial charge in [0.1, 0.15) is 0 Å². The Morgan fingerprint density at radius 3 is 2.62 bits per heavy atom. The number of nitrogens with zero attached hydrogens (tertiary/aromatic N) is 4. The Bertz CT molecular complexity index is 497. The fraction of sp³-hybridized carbons (Fsp3) is 0.733. The van der Waals surface area contributed by atoms with Gasteiger partial charge in [-0.05, 0) is 25.1 Å². The van der Waals surface area contributed by atoms with E-state index in [0.717, 1.165) is 50.5 Å². The molecule has 0 amide bonds. The summed E-state index contributed by atoms with van der Waals surface area (Å²) in [6, 6.07) is 1.72. The number of hydrogen-bond donors (Lipinski definition) is 1. The van der Waals surface area contributed by atoms with Gasteiger partial charge in [0.25, 0.3) is 5.56 Å². The van der Waals surface area contributed by atoms with Gasteiger partial charge in [-0.2, -0.15) is 17.7 Å². The lowest BCUT2D eigenvalue weighted by Crippen LogP contribution is -2.45. The molecule has 1 aliphatic rings. The second-order valence-corrected chi connectivity index (χ2v) is 6.23. The smallest absolute Gasteiger partial charge is 0.268 e. The molecule has 0 bridgehead atoms. The summed E-state index contributed by atoms with van der Waals surface area (Å²) in [5, 5.41) is 4.36. The summed E-state index contributed by atoms with van der Waals surface area (Å²) >= 11 is 4.37. The van der Waals surface area contributed by atoms with Crippen LogP contribution in [0.5, 0.6) is 0 Å². The second kappa shape index (κ2) is 7.84. The van der Waals surface area contributed by atoms with E-state index in [4.69, 9.17) is 0 Å². The number of aromatic nitrogens is 2. The Kier molecular flexibility index (Phi) is 6.11. The monoisotopic (exact) mass is 310 g/mol. The third-order valence-corrected chi connectivity index (χ3v) is 4.63. The number of thiol groups is 1. The Hall–Kier alpha value is -1.01. The third-order valence-electron chi connectivity index (χ3n) is 4.11. The highest BCUT2D eigenvalue weighted by Crippen LogP contribution is 2.13. The Balaban J connectivity index is 2.05. The van der Waals surface area contributed by atoms with Crippen LogP contribution < -0.4 is 10.5 Å².